The minimum absolute atomic E-state index is 0.0432. The van der Waals surface area contributed by atoms with Gasteiger partial charge in [0.05, 0.1) is 11.9 Å². The van der Waals surface area contributed by atoms with E-state index in [1.807, 2.05) is 26.8 Å². The van der Waals surface area contributed by atoms with Crippen molar-refractivity contribution in [2.24, 2.45) is 0 Å². The number of rotatable bonds is 8. The fraction of sp³-hybridized carbons (Fsp3) is 0.438. The third-order valence-corrected chi connectivity index (χ3v) is 3.96. The number of amides is 1. The first-order valence-corrected chi connectivity index (χ1v) is 7.79. The molecule has 0 spiro atoms. The van der Waals surface area contributed by atoms with E-state index >= 15 is 0 Å². The summed E-state index contributed by atoms with van der Waals surface area (Å²) in [5.41, 5.74) is 2.33. The van der Waals surface area contributed by atoms with Gasteiger partial charge in [-0.05, 0) is 38.0 Å². The van der Waals surface area contributed by atoms with E-state index in [1.165, 1.54) is 5.56 Å². The van der Waals surface area contributed by atoms with Gasteiger partial charge in [-0.3, -0.25) is 4.79 Å². The molecule has 0 radical (unpaired) electrons. The molecular formula is C16H23NO2S. The predicted octanol–water partition coefficient (Wildman–Crippen LogP) is 3.11. The highest BCUT2D eigenvalue weighted by Gasteiger charge is 2.11. The van der Waals surface area contributed by atoms with Gasteiger partial charge in [-0.25, -0.2) is 0 Å². The summed E-state index contributed by atoms with van der Waals surface area (Å²) in [5.74, 6) is 1.76. The van der Waals surface area contributed by atoms with Crippen LogP contribution in [0.5, 0.6) is 5.75 Å². The average Bonchev–Trinajstić information content (AvgIpc) is 2.44. The minimum atomic E-state index is -0.0721. The van der Waals surface area contributed by atoms with Gasteiger partial charge in [0.15, 0.2) is 0 Å². The van der Waals surface area contributed by atoms with Crippen molar-refractivity contribution in [3.63, 3.8) is 0 Å². The summed E-state index contributed by atoms with van der Waals surface area (Å²) in [6, 6.07) is 6.17. The Morgan fingerprint density at radius 3 is 2.95 bits per heavy atom. The number of aryl methyl sites for hydroxylation is 2. The lowest BCUT2D eigenvalue weighted by atomic mass is 10.1. The number of thioether (sulfide) groups is 1. The van der Waals surface area contributed by atoms with Crippen LogP contribution < -0.4 is 10.1 Å². The fourth-order valence-corrected chi connectivity index (χ4v) is 2.40. The van der Waals surface area contributed by atoms with Gasteiger partial charge in [-0.1, -0.05) is 18.2 Å². The molecule has 0 aliphatic carbocycles. The Balaban J connectivity index is 2.29. The normalized spacial score (nSPS) is 11.8. The first-order valence-electron chi connectivity index (χ1n) is 6.75. The summed E-state index contributed by atoms with van der Waals surface area (Å²) in [7, 11) is 0. The fourth-order valence-electron chi connectivity index (χ4n) is 1.63. The Labute approximate surface area is 125 Å². The number of carbonyl (C=O) groups is 1. The molecule has 1 rings (SSSR count). The highest BCUT2D eigenvalue weighted by atomic mass is 32.2. The van der Waals surface area contributed by atoms with Gasteiger partial charge < -0.3 is 10.1 Å². The van der Waals surface area contributed by atoms with Crippen molar-refractivity contribution >= 4 is 17.7 Å². The van der Waals surface area contributed by atoms with Gasteiger partial charge in [-0.2, -0.15) is 0 Å². The zero-order valence-electron chi connectivity index (χ0n) is 12.4. The van der Waals surface area contributed by atoms with Crippen molar-refractivity contribution in [3.8, 4) is 5.75 Å². The van der Waals surface area contributed by atoms with E-state index in [2.05, 4.69) is 24.0 Å². The van der Waals surface area contributed by atoms with Crippen molar-refractivity contribution < 1.29 is 9.53 Å². The molecule has 0 saturated heterocycles. The Bertz CT molecular complexity index is 460. The Morgan fingerprint density at radius 2 is 2.25 bits per heavy atom. The van der Waals surface area contributed by atoms with E-state index in [0.29, 0.717) is 13.2 Å². The van der Waals surface area contributed by atoms with Crippen LogP contribution in [-0.2, 0) is 4.79 Å². The quantitative estimate of drug-likeness (QED) is 0.591. The number of hydrogen-bond donors (Lipinski definition) is 1. The van der Waals surface area contributed by atoms with Gasteiger partial charge >= 0.3 is 0 Å². The van der Waals surface area contributed by atoms with Gasteiger partial charge in [0, 0.05) is 12.3 Å². The van der Waals surface area contributed by atoms with Crippen molar-refractivity contribution in [2.75, 3.05) is 18.9 Å². The average molecular weight is 293 g/mol. The Hall–Kier alpha value is -1.42. The van der Waals surface area contributed by atoms with Crippen LogP contribution in [0.2, 0.25) is 0 Å². The highest BCUT2D eigenvalue weighted by molar-refractivity contribution is 8.00. The summed E-state index contributed by atoms with van der Waals surface area (Å²) >= 11 is 1.59. The standard InChI is InChI=1S/C16H23NO2S/c1-5-8-17-16(18)14(4)20-10-9-19-15-11-12(2)6-7-13(15)3/h5-7,11,14H,1,8-10H2,2-4H3,(H,17,18). The number of carbonyl (C=O) groups excluding carboxylic acids is 1. The molecule has 1 unspecified atom stereocenters. The van der Waals surface area contributed by atoms with Crippen molar-refractivity contribution in [1.82, 2.24) is 5.32 Å². The lowest BCUT2D eigenvalue weighted by molar-refractivity contribution is -0.120. The minimum Gasteiger partial charge on any atom is -0.492 e. The maximum absolute atomic E-state index is 11.6. The predicted molar refractivity (Wildman–Crippen MR) is 86.5 cm³/mol. The zero-order chi connectivity index (χ0) is 15.0. The molecule has 1 N–H and O–H groups in total. The SMILES string of the molecule is C=CCNC(=O)C(C)SCCOc1cc(C)ccc1C. The topological polar surface area (TPSA) is 38.3 Å². The second kappa shape index (κ2) is 8.69. The highest BCUT2D eigenvalue weighted by Crippen LogP contribution is 2.19. The van der Waals surface area contributed by atoms with Crippen molar-refractivity contribution in [3.05, 3.63) is 42.0 Å². The molecule has 1 amide bonds. The van der Waals surface area contributed by atoms with Crippen LogP contribution in [-0.4, -0.2) is 30.1 Å². The van der Waals surface area contributed by atoms with Gasteiger partial charge in [0.1, 0.15) is 5.75 Å². The van der Waals surface area contributed by atoms with Gasteiger partial charge in [0.2, 0.25) is 5.91 Å². The number of benzene rings is 1. The third kappa shape index (κ3) is 5.70. The Kier molecular flexibility index (Phi) is 7.23. The van der Waals surface area contributed by atoms with Crippen LogP contribution in [0.4, 0.5) is 0 Å². The van der Waals surface area contributed by atoms with Crippen LogP contribution in [0, 0.1) is 13.8 Å². The molecule has 0 aromatic heterocycles. The van der Waals surface area contributed by atoms with Gasteiger partial charge in [-0.15, -0.1) is 18.3 Å². The molecule has 0 aliphatic rings. The first kappa shape index (κ1) is 16.6. The van der Waals surface area contributed by atoms with E-state index in [0.717, 1.165) is 17.1 Å². The first-order chi connectivity index (χ1) is 9.54. The van der Waals surface area contributed by atoms with Crippen LogP contribution >= 0.6 is 11.8 Å². The van der Waals surface area contributed by atoms with Crippen LogP contribution in [0.3, 0.4) is 0 Å². The second-order valence-electron chi connectivity index (χ2n) is 4.66. The maximum atomic E-state index is 11.6. The van der Waals surface area contributed by atoms with Crippen LogP contribution in [0.15, 0.2) is 30.9 Å². The van der Waals surface area contributed by atoms with Crippen molar-refractivity contribution in [2.45, 2.75) is 26.0 Å². The number of ether oxygens (including phenoxy) is 1. The van der Waals surface area contributed by atoms with Gasteiger partial charge in [0.25, 0.3) is 0 Å². The lowest BCUT2D eigenvalue weighted by Crippen LogP contribution is -2.31. The molecule has 1 aromatic rings. The molecule has 1 aromatic carbocycles. The molecule has 0 bridgehead atoms. The molecule has 1 atom stereocenters. The number of hydrogen-bond acceptors (Lipinski definition) is 3. The zero-order valence-corrected chi connectivity index (χ0v) is 13.3. The number of nitrogens with one attached hydrogen (secondary N) is 1. The summed E-state index contributed by atoms with van der Waals surface area (Å²) in [5, 5.41) is 2.72. The molecule has 110 valence electrons. The van der Waals surface area contributed by atoms with E-state index in [4.69, 9.17) is 4.74 Å². The maximum Gasteiger partial charge on any atom is 0.233 e. The molecule has 3 nitrogen and oxygen atoms in total. The van der Waals surface area contributed by atoms with Crippen LogP contribution in [0.25, 0.3) is 0 Å². The molecule has 0 fully saturated rings. The van der Waals surface area contributed by atoms with E-state index in [9.17, 15) is 4.79 Å². The van der Waals surface area contributed by atoms with E-state index < -0.39 is 0 Å². The molecule has 4 heteroatoms. The second-order valence-corrected chi connectivity index (χ2v) is 6.11. The third-order valence-electron chi connectivity index (χ3n) is 2.84. The molecule has 20 heavy (non-hydrogen) atoms. The van der Waals surface area contributed by atoms with Crippen molar-refractivity contribution in [1.29, 1.82) is 0 Å². The summed E-state index contributed by atoms with van der Waals surface area (Å²) in [6.45, 7) is 10.7. The van der Waals surface area contributed by atoms with E-state index in [1.54, 1.807) is 17.8 Å². The smallest absolute Gasteiger partial charge is 0.233 e. The van der Waals surface area contributed by atoms with Crippen LogP contribution in [0.1, 0.15) is 18.1 Å². The van der Waals surface area contributed by atoms with E-state index in [-0.39, 0.29) is 11.2 Å². The molecular weight excluding hydrogens is 270 g/mol. The molecule has 0 heterocycles. The Morgan fingerprint density at radius 1 is 1.50 bits per heavy atom. The largest absolute Gasteiger partial charge is 0.492 e. The summed E-state index contributed by atoms with van der Waals surface area (Å²) in [6.07, 6.45) is 1.68. The summed E-state index contributed by atoms with van der Waals surface area (Å²) in [4.78, 5) is 11.6. The summed E-state index contributed by atoms with van der Waals surface area (Å²) < 4.78 is 5.76. The molecule has 0 aliphatic heterocycles. The molecule has 0 saturated carbocycles. The lowest BCUT2D eigenvalue weighted by Gasteiger charge is -2.13. The monoisotopic (exact) mass is 293 g/mol.